The fourth-order valence-electron chi connectivity index (χ4n) is 0.984. The number of nitrogens with one attached hydrogen (secondary N) is 1. The summed E-state index contributed by atoms with van der Waals surface area (Å²) in [6.45, 7) is 3.74. The lowest BCUT2D eigenvalue weighted by molar-refractivity contribution is 0.581. The molecule has 0 amide bonds. The highest BCUT2D eigenvalue weighted by Crippen LogP contribution is 1.98. The maximum atomic E-state index is 11.1. The van der Waals surface area contributed by atoms with E-state index >= 15 is 0 Å². The van der Waals surface area contributed by atoms with Crippen LogP contribution in [0.2, 0.25) is 0 Å². The smallest absolute Gasteiger partial charge is 0.211 e. The van der Waals surface area contributed by atoms with Crippen molar-refractivity contribution in [2.24, 2.45) is 0 Å². The summed E-state index contributed by atoms with van der Waals surface area (Å²) < 4.78 is 24.7. The van der Waals surface area contributed by atoms with Crippen molar-refractivity contribution in [3.8, 4) is 0 Å². The van der Waals surface area contributed by atoms with Gasteiger partial charge in [0, 0.05) is 5.69 Å². The Bertz CT molecular complexity index is 401. The van der Waals surface area contributed by atoms with Gasteiger partial charge in [-0.2, -0.15) is 0 Å². The highest BCUT2D eigenvalue weighted by atomic mass is 32.2. The second-order valence-corrected chi connectivity index (χ2v) is 5.09. The first-order chi connectivity index (χ1) is 6.53. The molecule has 1 aromatic heterocycles. The van der Waals surface area contributed by atoms with Crippen LogP contribution in [-0.2, 0) is 16.6 Å². The molecular formula is C9H14N2O2S. The van der Waals surface area contributed by atoms with Crippen molar-refractivity contribution in [3.63, 3.8) is 0 Å². The summed E-state index contributed by atoms with van der Waals surface area (Å²) >= 11 is 0. The Morgan fingerprint density at radius 2 is 2.14 bits per heavy atom. The summed E-state index contributed by atoms with van der Waals surface area (Å²) in [5, 5.41) is 0. The van der Waals surface area contributed by atoms with Crippen molar-refractivity contribution in [3.05, 3.63) is 29.6 Å². The van der Waals surface area contributed by atoms with E-state index in [4.69, 9.17) is 0 Å². The van der Waals surface area contributed by atoms with Crippen LogP contribution in [0.5, 0.6) is 0 Å². The average molecular weight is 214 g/mol. The molecule has 1 aromatic rings. The summed E-state index contributed by atoms with van der Waals surface area (Å²) in [5.41, 5.74) is 1.63. The van der Waals surface area contributed by atoms with Gasteiger partial charge in [0.25, 0.3) is 0 Å². The van der Waals surface area contributed by atoms with Crippen molar-refractivity contribution in [2.75, 3.05) is 5.75 Å². The van der Waals surface area contributed by atoms with Crippen LogP contribution in [0.25, 0.3) is 0 Å². The SMILES string of the molecule is CCS(=O)(=O)NCc1cccc(C)n1. The fraction of sp³-hybridized carbons (Fsp3) is 0.444. The van der Waals surface area contributed by atoms with Gasteiger partial charge in [0.1, 0.15) is 0 Å². The number of aryl methyl sites for hydroxylation is 1. The third-order valence-corrected chi connectivity index (χ3v) is 3.14. The highest BCUT2D eigenvalue weighted by Gasteiger charge is 2.05. The van der Waals surface area contributed by atoms with Gasteiger partial charge in [-0.1, -0.05) is 6.07 Å². The van der Waals surface area contributed by atoms with Crippen LogP contribution in [-0.4, -0.2) is 19.2 Å². The van der Waals surface area contributed by atoms with E-state index in [1.807, 2.05) is 19.1 Å². The standard InChI is InChI=1S/C9H14N2O2S/c1-3-14(12,13)10-7-9-6-4-5-8(2)11-9/h4-6,10H,3,7H2,1-2H3. The van der Waals surface area contributed by atoms with Gasteiger partial charge in [-0.15, -0.1) is 0 Å². The van der Waals surface area contributed by atoms with E-state index in [9.17, 15) is 8.42 Å². The first-order valence-electron chi connectivity index (χ1n) is 4.43. The van der Waals surface area contributed by atoms with Crippen molar-refractivity contribution < 1.29 is 8.42 Å². The quantitative estimate of drug-likeness (QED) is 0.807. The number of sulfonamides is 1. The van der Waals surface area contributed by atoms with E-state index in [-0.39, 0.29) is 12.3 Å². The lowest BCUT2D eigenvalue weighted by Gasteiger charge is -2.04. The van der Waals surface area contributed by atoms with Crippen molar-refractivity contribution in [1.82, 2.24) is 9.71 Å². The van der Waals surface area contributed by atoms with Crippen LogP contribution >= 0.6 is 0 Å². The maximum absolute atomic E-state index is 11.1. The Balaban J connectivity index is 2.63. The Hall–Kier alpha value is -0.940. The predicted molar refractivity (Wildman–Crippen MR) is 55.3 cm³/mol. The van der Waals surface area contributed by atoms with Gasteiger partial charge in [0.05, 0.1) is 18.0 Å². The third kappa shape index (κ3) is 3.43. The number of aromatic nitrogens is 1. The molecule has 0 radical (unpaired) electrons. The van der Waals surface area contributed by atoms with Crippen molar-refractivity contribution in [2.45, 2.75) is 20.4 Å². The molecular weight excluding hydrogens is 200 g/mol. The van der Waals surface area contributed by atoms with Gasteiger partial charge in [0.2, 0.25) is 10.0 Å². The van der Waals surface area contributed by atoms with Gasteiger partial charge in [-0.3, -0.25) is 4.98 Å². The Morgan fingerprint density at radius 1 is 1.43 bits per heavy atom. The lowest BCUT2D eigenvalue weighted by Crippen LogP contribution is -2.25. The molecule has 0 aliphatic carbocycles. The molecule has 0 atom stereocenters. The number of hydrogen-bond donors (Lipinski definition) is 1. The zero-order chi connectivity index (χ0) is 10.6. The van der Waals surface area contributed by atoms with Crippen LogP contribution in [0.4, 0.5) is 0 Å². The monoisotopic (exact) mass is 214 g/mol. The Morgan fingerprint density at radius 3 is 2.71 bits per heavy atom. The molecule has 0 aliphatic heterocycles. The highest BCUT2D eigenvalue weighted by molar-refractivity contribution is 7.89. The minimum Gasteiger partial charge on any atom is -0.257 e. The van der Waals surface area contributed by atoms with E-state index in [0.29, 0.717) is 0 Å². The second kappa shape index (κ2) is 4.52. The van der Waals surface area contributed by atoms with E-state index < -0.39 is 10.0 Å². The minimum atomic E-state index is -3.12. The summed E-state index contributed by atoms with van der Waals surface area (Å²) in [6, 6.07) is 5.53. The fourth-order valence-corrected chi connectivity index (χ4v) is 1.56. The third-order valence-electron chi connectivity index (χ3n) is 1.80. The van der Waals surface area contributed by atoms with Crippen LogP contribution in [0.15, 0.2) is 18.2 Å². The number of nitrogens with zero attached hydrogens (tertiary/aromatic N) is 1. The Kier molecular flexibility index (Phi) is 3.60. The van der Waals surface area contributed by atoms with Gasteiger partial charge >= 0.3 is 0 Å². The van der Waals surface area contributed by atoms with Crippen LogP contribution < -0.4 is 4.72 Å². The predicted octanol–water partition coefficient (Wildman–Crippen LogP) is 0.829. The number of hydrogen-bond acceptors (Lipinski definition) is 3. The van der Waals surface area contributed by atoms with E-state index in [1.54, 1.807) is 13.0 Å². The molecule has 0 fully saturated rings. The summed E-state index contributed by atoms with van der Waals surface area (Å²) in [7, 11) is -3.12. The van der Waals surface area contributed by atoms with Crippen LogP contribution in [0.3, 0.4) is 0 Å². The molecule has 0 aliphatic rings. The number of pyridine rings is 1. The molecule has 0 spiro atoms. The first kappa shape index (κ1) is 11.1. The Labute approximate surface area is 84.4 Å². The molecule has 14 heavy (non-hydrogen) atoms. The zero-order valence-electron chi connectivity index (χ0n) is 8.32. The molecule has 1 N–H and O–H groups in total. The summed E-state index contributed by atoms with van der Waals surface area (Å²) in [6.07, 6.45) is 0. The molecule has 0 saturated heterocycles. The zero-order valence-corrected chi connectivity index (χ0v) is 9.13. The second-order valence-electron chi connectivity index (χ2n) is 2.99. The summed E-state index contributed by atoms with van der Waals surface area (Å²) in [5.74, 6) is 0.0960. The molecule has 0 bridgehead atoms. The summed E-state index contributed by atoms with van der Waals surface area (Å²) in [4.78, 5) is 4.18. The van der Waals surface area contributed by atoms with E-state index in [1.165, 1.54) is 0 Å². The van der Waals surface area contributed by atoms with Gasteiger partial charge < -0.3 is 0 Å². The largest absolute Gasteiger partial charge is 0.257 e. The van der Waals surface area contributed by atoms with E-state index in [2.05, 4.69) is 9.71 Å². The van der Waals surface area contributed by atoms with Crippen molar-refractivity contribution >= 4 is 10.0 Å². The molecule has 4 nitrogen and oxygen atoms in total. The maximum Gasteiger partial charge on any atom is 0.211 e. The van der Waals surface area contributed by atoms with Gasteiger partial charge in [-0.25, -0.2) is 13.1 Å². The topological polar surface area (TPSA) is 59.1 Å². The van der Waals surface area contributed by atoms with Gasteiger partial charge in [0.15, 0.2) is 0 Å². The minimum absolute atomic E-state index is 0.0960. The molecule has 78 valence electrons. The molecule has 1 heterocycles. The molecule has 1 rings (SSSR count). The molecule has 0 unspecified atom stereocenters. The van der Waals surface area contributed by atoms with Gasteiger partial charge in [-0.05, 0) is 26.0 Å². The normalized spacial score (nSPS) is 11.6. The van der Waals surface area contributed by atoms with Crippen LogP contribution in [0, 0.1) is 6.92 Å². The van der Waals surface area contributed by atoms with Crippen LogP contribution in [0.1, 0.15) is 18.3 Å². The number of rotatable bonds is 4. The van der Waals surface area contributed by atoms with E-state index in [0.717, 1.165) is 11.4 Å². The molecule has 0 aromatic carbocycles. The lowest BCUT2D eigenvalue weighted by atomic mass is 10.3. The molecule has 5 heteroatoms. The average Bonchev–Trinajstić information content (AvgIpc) is 2.15. The van der Waals surface area contributed by atoms with Crippen molar-refractivity contribution in [1.29, 1.82) is 0 Å². The molecule has 0 saturated carbocycles. The first-order valence-corrected chi connectivity index (χ1v) is 6.08.